The fourth-order valence-electron chi connectivity index (χ4n) is 3.46. The predicted molar refractivity (Wildman–Crippen MR) is 130 cm³/mol. The Bertz CT molecular complexity index is 1060. The summed E-state index contributed by atoms with van der Waals surface area (Å²) in [5.74, 6) is 1.85. The molecule has 0 aliphatic carbocycles. The van der Waals surface area contributed by atoms with Crippen LogP contribution in [0.2, 0.25) is 5.02 Å². The highest BCUT2D eigenvalue weighted by atomic mass is 35.5. The van der Waals surface area contributed by atoms with Gasteiger partial charge in [-0.2, -0.15) is 0 Å². The SMILES string of the molecule is COc1ccc(N2CCN(c3cc(SCC(=O)Nc4ccccc4Cl)ncn3)CC2)cc1. The zero-order chi connectivity index (χ0) is 22.3. The van der Waals surface area contributed by atoms with Crippen molar-refractivity contribution in [2.45, 2.75) is 5.03 Å². The molecule has 3 aromatic rings. The molecule has 1 aliphatic rings. The van der Waals surface area contributed by atoms with Gasteiger partial charge >= 0.3 is 0 Å². The van der Waals surface area contributed by atoms with E-state index in [1.807, 2.05) is 30.3 Å². The maximum Gasteiger partial charge on any atom is 0.234 e. The van der Waals surface area contributed by atoms with Gasteiger partial charge in [0.25, 0.3) is 0 Å². The first kappa shape index (κ1) is 22.2. The average Bonchev–Trinajstić information content (AvgIpc) is 2.84. The molecular formula is C23H24ClN5O2S. The van der Waals surface area contributed by atoms with E-state index < -0.39 is 0 Å². The number of hydrogen-bond acceptors (Lipinski definition) is 7. The van der Waals surface area contributed by atoms with Crippen molar-refractivity contribution in [2.24, 2.45) is 0 Å². The van der Waals surface area contributed by atoms with Gasteiger partial charge in [-0.25, -0.2) is 9.97 Å². The molecule has 1 amide bonds. The Hall–Kier alpha value is -2.97. The molecule has 4 rings (SSSR count). The lowest BCUT2D eigenvalue weighted by atomic mass is 10.2. The summed E-state index contributed by atoms with van der Waals surface area (Å²) in [7, 11) is 1.67. The van der Waals surface area contributed by atoms with Crippen molar-refractivity contribution < 1.29 is 9.53 Å². The number of amides is 1. The fraction of sp³-hybridized carbons (Fsp3) is 0.261. The molecule has 1 saturated heterocycles. The number of anilines is 3. The van der Waals surface area contributed by atoms with Crippen molar-refractivity contribution in [1.82, 2.24) is 9.97 Å². The van der Waals surface area contributed by atoms with Gasteiger partial charge in [0, 0.05) is 37.9 Å². The molecule has 0 radical (unpaired) electrons. The first-order valence-electron chi connectivity index (χ1n) is 10.3. The number of carbonyl (C=O) groups excluding carboxylic acids is 1. The maximum atomic E-state index is 12.3. The number of aromatic nitrogens is 2. The minimum Gasteiger partial charge on any atom is -0.497 e. The van der Waals surface area contributed by atoms with E-state index >= 15 is 0 Å². The zero-order valence-electron chi connectivity index (χ0n) is 17.7. The van der Waals surface area contributed by atoms with Crippen LogP contribution in [0.5, 0.6) is 5.75 Å². The monoisotopic (exact) mass is 469 g/mol. The average molecular weight is 470 g/mol. The molecule has 9 heteroatoms. The highest BCUT2D eigenvalue weighted by Crippen LogP contribution is 2.25. The van der Waals surface area contributed by atoms with Gasteiger partial charge < -0.3 is 19.9 Å². The van der Waals surface area contributed by atoms with Crippen LogP contribution in [0.4, 0.5) is 17.2 Å². The molecule has 0 spiro atoms. The number of benzene rings is 2. The molecule has 0 saturated carbocycles. The molecule has 166 valence electrons. The molecule has 2 heterocycles. The minimum absolute atomic E-state index is 0.128. The normalized spacial score (nSPS) is 13.7. The Kier molecular flexibility index (Phi) is 7.34. The molecule has 0 bridgehead atoms. The van der Waals surface area contributed by atoms with Crippen molar-refractivity contribution in [2.75, 3.05) is 54.2 Å². The summed E-state index contributed by atoms with van der Waals surface area (Å²) in [6.07, 6.45) is 1.56. The smallest absolute Gasteiger partial charge is 0.234 e. The quantitative estimate of drug-likeness (QED) is 0.410. The highest BCUT2D eigenvalue weighted by molar-refractivity contribution is 7.99. The molecular weight excluding hydrogens is 446 g/mol. The third-order valence-electron chi connectivity index (χ3n) is 5.17. The van der Waals surface area contributed by atoms with Crippen LogP contribution < -0.4 is 19.9 Å². The number of hydrogen-bond donors (Lipinski definition) is 1. The molecule has 1 aliphatic heterocycles. The van der Waals surface area contributed by atoms with Crippen LogP contribution in [-0.4, -0.2) is 54.9 Å². The number of carbonyl (C=O) groups is 1. The lowest BCUT2D eigenvalue weighted by molar-refractivity contribution is -0.113. The van der Waals surface area contributed by atoms with Crippen LogP contribution in [-0.2, 0) is 4.79 Å². The number of nitrogens with one attached hydrogen (secondary N) is 1. The molecule has 7 nitrogen and oxygen atoms in total. The minimum atomic E-state index is -0.128. The van der Waals surface area contributed by atoms with E-state index in [9.17, 15) is 4.79 Å². The second-order valence-electron chi connectivity index (χ2n) is 7.20. The standard InChI is InChI=1S/C23H24ClN5O2S/c1-31-18-8-6-17(7-9-18)28-10-12-29(13-11-28)21-14-23(26-16-25-21)32-15-22(30)27-20-5-3-2-4-19(20)24/h2-9,14,16H,10-13,15H2,1H3,(H,27,30). The third-order valence-corrected chi connectivity index (χ3v) is 6.42. The van der Waals surface area contributed by atoms with Gasteiger partial charge in [-0.15, -0.1) is 0 Å². The first-order chi connectivity index (χ1) is 15.6. The van der Waals surface area contributed by atoms with E-state index in [2.05, 4.69) is 37.2 Å². The summed E-state index contributed by atoms with van der Waals surface area (Å²) in [5.41, 5.74) is 1.80. The number of ether oxygens (including phenoxy) is 1. The molecule has 0 atom stereocenters. The second-order valence-corrected chi connectivity index (χ2v) is 8.61. The van der Waals surface area contributed by atoms with Gasteiger partial charge in [0.1, 0.15) is 22.9 Å². The summed E-state index contributed by atoms with van der Waals surface area (Å²) in [5, 5.41) is 4.11. The summed E-state index contributed by atoms with van der Waals surface area (Å²) >= 11 is 7.48. The predicted octanol–water partition coefficient (Wildman–Crippen LogP) is 4.20. The van der Waals surface area contributed by atoms with E-state index in [1.165, 1.54) is 17.4 Å². The summed E-state index contributed by atoms with van der Waals surface area (Å²) in [6, 6.07) is 17.3. The van der Waals surface area contributed by atoms with E-state index in [0.717, 1.165) is 42.8 Å². The van der Waals surface area contributed by atoms with E-state index in [4.69, 9.17) is 16.3 Å². The lowest BCUT2D eigenvalue weighted by Gasteiger charge is -2.36. The van der Waals surface area contributed by atoms with Crippen LogP contribution in [0.1, 0.15) is 0 Å². The van der Waals surface area contributed by atoms with Crippen LogP contribution in [0.3, 0.4) is 0 Å². The van der Waals surface area contributed by atoms with Gasteiger partial charge in [0.05, 0.1) is 23.6 Å². The van der Waals surface area contributed by atoms with Gasteiger partial charge in [-0.1, -0.05) is 35.5 Å². The summed E-state index contributed by atoms with van der Waals surface area (Å²) in [4.78, 5) is 25.6. The molecule has 0 unspecified atom stereocenters. The number of nitrogens with zero attached hydrogens (tertiary/aromatic N) is 4. The second kappa shape index (κ2) is 10.6. The van der Waals surface area contributed by atoms with E-state index in [1.54, 1.807) is 25.6 Å². The molecule has 1 N–H and O–H groups in total. The van der Waals surface area contributed by atoms with Crippen molar-refractivity contribution in [3.05, 3.63) is 65.9 Å². The Morgan fingerprint density at radius 1 is 1.06 bits per heavy atom. The fourth-order valence-corrected chi connectivity index (χ4v) is 4.30. The molecule has 1 fully saturated rings. The largest absolute Gasteiger partial charge is 0.497 e. The van der Waals surface area contributed by atoms with Gasteiger partial charge in [0.15, 0.2) is 0 Å². The van der Waals surface area contributed by atoms with Crippen molar-refractivity contribution >= 4 is 46.5 Å². The summed E-state index contributed by atoms with van der Waals surface area (Å²) in [6.45, 7) is 3.53. The van der Waals surface area contributed by atoms with Gasteiger partial charge in [-0.05, 0) is 36.4 Å². The number of thioether (sulfide) groups is 1. The number of methoxy groups -OCH3 is 1. The number of rotatable bonds is 7. The Morgan fingerprint density at radius 2 is 1.78 bits per heavy atom. The Balaban J connectivity index is 1.30. The summed E-state index contributed by atoms with van der Waals surface area (Å²) < 4.78 is 5.24. The Labute approximate surface area is 196 Å². The van der Waals surface area contributed by atoms with Gasteiger partial charge in [-0.3, -0.25) is 4.79 Å². The topological polar surface area (TPSA) is 70.6 Å². The highest BCUT2D eigenvalue weighted by Gasteiger charge is 2.19. The van der Waals surface area contributed by atoms with Gasteiger partial charge in [0.2, 0.25) is 5.91 Å². The number of piperazine rings is 1. The van der Waals surface area contributed by atoms with Crippen LogP contribution in [0, 0.1) is 0 Å². The number of halogens is 1. The Morgan fingerprint density at radius 3 is 2.50 bits per heavy atom. The van der Waals surface area contributed by atoms with Crippen LogP contribution in [0.15, 0.2) is 66.0 Å². The molecule has 2 aromatic carbocycles. The van der Waals surface area contributed by atoms with E-state index in [-0.39, 0.29) is 11.7 Å². The van der Waals surface area contributed by atoms with Crippen molar-refractivity contribution in [3.8, 4) is 5.75 Å². The van der Waals surface area contributed by atoms with Crippen LogP contribution >= 0.6 is 23.4 Å². The molecule has 1 aromatic heterocycles. The number of para-hydroxylation sites is 1. The van der Waals surface area contributed by atoms with Crippen LogP contribution in [0.25, 0.3) is 0 Å². The van der Waals surface area contributed by atoms with E-state index in [0.29, 0.717) is 10.7 Å². The first-order valence-corrected chi connectivity index (χ1v) is 11.6. The maximum absolute atomic E-state index is 12.3. The van der Waals surface area contributed by atoms with Crippen molar-refractivity contribution in [1.29, 1.82) is 0 Å². The third kappa shape index (κ3) is 5.63. The zero-order valence-corrected chi connectivity index (χ0v) is 19.3. The molecule has 32 heavy (non-hydrogen) atoms. The van der Waals surface area contributed by atoms with Crippen molar-refractivity contribution in [3.63, 3.8) is 0 Å². The lowest BCUT2D eigenvalue weighted by Crippen LogP contribution is -2.46.